The number of imidazole rings is 1. The van der Waals surface area contributed by atoms with Gasteiger partial charge < -0.3 is 15.4 Å². The average molecular weight is 275 g/mol. The van der Waals surface area contributed by atoms with Gasteiger partial charge in [0.2, 0.25) is 0 Å². The molecule has 2 aromatic rings. The predicted molar refractivity (Wildman–Crippen MR) is 78.8 cm³/mol. The Kier molecular flexibility index (Phi) is 4.39. The van der Waals surface area contributed by atoms with E-state index in [9.17, 15) is 9.90 Å². The number of aromatic amines is 1. The number of carbonyl (C=O) groups is 1. The van der Waals surface area contributed by atoms with E-state index in [1.165, 1.54) is 0 Å². The van der Waals surface area contributed by atoms with Crippen molar-refractivity contribution in [2.75, 3.05) is 6.54 Å². The van der Waals surface area contributed by atoms with Gasteiger partial charge in [-0.15, -0.1) is 0 Å². The monoisotopic (exact) mass is 275 g/mol. The van der Waals surface area contributed by atoms with E-state index in [2.05, 4.69) is 22.2 Å². The molecule has 0 saturated heterocycles. The number of rotatable bonds is 5. The average Bonchev–Trinajstić information content (AvgIpc) is 2.79. The minimum atomic E-state index is -0.549. The highest BCUT2D eigenvalue weighted by molar-refractivity contribution is 5.98. The van der Waals surface area contributed by atoms with E-state index in [0.29, 0.717) is 5.56 Å². The summed E-state index contributed by atoms with van der Waals surface area (Å²) >= 11 is 0. The lowest BCUT2D eigenvalue weighted by atomic mass is 10.1. The lowest BCUT2D eigenvalue weighted by Crippen LogP contribution is -2.30. The van der Waals surface area contributed by atoms with Crippen molar-refractivity contribution in [2.24, 2.45) is 0 Å². The zero-order chi connectivity index (χ0) is 14.7. The van der Waals surface area contributed by atoms with Crippen molar-refractivity contribution in [2.45, 2.75) is 39.7 Å². The third-order valence-corrected chi connectivity index (χ3v) is 3.13. The van der Waals surface area contributed by atoms with Crippen LogP contribution < -0.4 is 5.32 Å². The second kappa shape index (κ2) is 6.05. The molecular formula is C15H21N3O2. The number of aliphatic hydroxyl groups excluding tert-OH is 1. The number of nitrogens with one attached hydrogen (secondary N) is 2. The van der Waals surface area contributed by atoms with Crippen molar-refractivity contribution in [3.63, 3.8) is 0 Å². The molecule has 3 N–H and O–H groups in total. The first-order chi connectivity index (χ1) is 9.51. The Balaban J connectivity index is 2.29. The van der Waals surface area contributed by atoms with E-state index in [0.717, 1.165) is 35.3 Å². The van der Waals surface area contributed by atoms with Crippen molar-refractivity contribution in [3.8, 4) is 0 Å². The van der Waals surface area contributed by atoms with Crippen molar-refractivity contribution < 1.29 is 9.90 Å². The SMILES string of the molecule is CCCc1nc2c(C)cc(C(=O)NCC(C)O)cc2[nH]1. The third-order valence-electron chi connectivity index (χ3n) is 3.13. The van der Waals surface area contributed by atoms with Crippen LogP contribution in [0.25, 0.3) is 11.0 Å². The molecule has 20 heavy (non-hydrogen) atoms. The van der Waals surface area contributed by atoms with Crippen LogP contribution in [0.3, 0.4) is 0 Å². The number of hydrogen-bond acceptors (Lipinski definition) is 3. The van der Waals surface area contributed by atoms with Crippen LogP contribution in [-0.4, -0.2) is 33.6 Å². The van der Waals surface area contributed by atoms with E-state index in [1.54, 1.807) is 6.92 Å². The van der Waals surface area contributed by atoms with E-state index < -0.39 is 6.10 Å². The fourth-order valence-corrected chi connectivity index (χ4v) is 2.17. The summed E-state index contributed by atoms with van der Waals surface area (Å²) in [5.74, 6) is 0.773. The quantitative estimate of drug-likeness (QED) is 0.780. The number of fused-ring (bicyclic) bond motifs is 1. The fraction of sp³-hybridized carbons (Fsp3) is 0.467. The maximum atomic E-state index is 12.0. The van der Waals surface area contributed by atoms with Crippen LogP contribution in [0.5, 0.6) is 0 Å². The summed E-state index contributed by atoms with van der Waals surface area (Å²) in [4.78, 5) is 19.8. The standard InChI is InChI=1S/C15H21N3O2/c1-4-5-13-17-12-7-11(6-9(2)14(12)18-13)15(20)16-8-10(3)19/h6-7,10,19H,4-5,8H2,1-3H3,(H,16,20)(H,17,18). The van der Waals surface area contributed by atoms with Crippen LogP contribution in [0.1, 0.15) is 42.0 Å². The Hall–Kier alpha value is -1.88. The Morgan fingerprint density at radius 2 is 2.25 bits per heavy atom. The van der Waals surface area contributed by atoms with Gasteiger partial charge >= 0.3 is 0 Å². The van der Waals surface area contributed by atoms with E-state index in [1.807, 2.05) is 19.1 Å². The number of carbonyl (C=O) groups excluding carboxylic acids is 1. The highest BCUT2D eigenvalue weighted by Gasteiger charge is 2.12. The number of aliphatic hydroxyl groups is 1. The zero-order valence-corrected chi connectivity index (χ0v) is 12.2. The molecule has 108 valence electrons. The van der Waals surface area contributed by atoms with Gasteiger partial charge in [-0.2, -0.15) is 0 Å². The smallest absolute Gasteiger partial charge is 0.251 e. The molecule has 1 unspecified atom stereocenters. The Morgan fingerprint density at radius 3 is 2.90 bits per heavy atom. The zero-order valence-electron chi connectivity index (χ0n) is 12.2. The molecule has 0 radical (unpaired) electrons. The van der Waals surface area contributed by atoms with Gasteiger partial charge in [-0.25, -0.2) is 4.98 Å². The van der Waals surface area contributed by atoms with Gasteiger partial charge in [0.1, 0.15) is 5.82 Å². The Morgan fingerprint density at radius 1 is 1.50 bits per heavy atom. The van der Waals surface area contributed by atoms with Crippen molar-refractivity contribution in [1.29, 1.82) is 0 Å². The van der Waals surface area contributed by atoms with Crippen molar-refractivity contribution in [3.05, 3.63) is 29.1 Å². The summed E-state index contributed by atoms with van der Waals surface area (Å²) in [6.45, 7) is 5.94. The van der Waals surface area contributed by atoms with Crippen LogP contribution >= 0.6 is 0 Å². The minimum Gasteiger partial charge on any atom is -0.392 e. The van der Waals surface area contributed by atoms with Crippen molar-refractivity contribution in [1.82, 2.24) is 15.3 Å². The maximum Gasteiger partial charge on any atom is 0.251 e. The van der Waals surface area contributed by atoms with Gasteiger partial charge in [-0.3, -0.25) is 4.79 Å². The number of H-pyrrole nitrogens is 1. The summed E-state index contributed by atoms with van der Waals surface area (Å²) in [5, 5.41) is 11.9. The van der Waals surface area contributed by atoms with E-state index >= 15 is 0 Å². The first-order valence-electron chi connectivity index (χ1n) is 6.96. The topological polar surface area (TPSA) is 78.0 Å². The molecule has 0 spiro atoms. The number of aromatic nitrogens is 2. The molecule has 0 aliphatic heterocycles. The van der Waals surface area contributed by atoms with Crippen LogP contribution in [0, 0.1) is 6.92 Å². The van der Waals surface area contributed by atoms with Gasteiger partial charge in [-0.05, 0) is 38.0 Å². The molecule has 1 aromatic heterocycles. The van der Waals surface area contributed by atoms with Crippen LogP contribution in [-0.2, 0) is 6.42 Å². The second-order valence-corrected chi connectivity index (χ2v) is 5.18. The summed E-state index contributed by atoms with van der Waals surface area (Å²) in [6.07, 6.45) is 1.38. The van der Waals surface area contributed by atoms with Gasteiger partial charge in [0.15, 0.2) is 0 Å². The van der Waals surface area contributed by atoms with Crippen LogP contribution in [0.2, 0.25) is 0 Å². The fourth-order valence-electron chi connectivity index (χ4n) is 2.17. The normalized spacial score (nSPS) is 12.6. The predicted octanol–water partition coefficient (Wildman–Crippen LogP) is 1.93. The molecule has 0 fully saturated rings. The largest absolute Gasteiger partial charge is 0.392 e. The van der Waals surface area contributed by atoms with E-state index in [4.69, 9.17) is 0 Å². The molecule has 0 aliphatic carbocycles. The van der Waals surface area contributed by atoms with Crippen molar-refractivity contribution >= 4 is 16.9 Å². The second-order valence-electron chi connectivity index (χ2n) is 5.18. The van der Waals surface area contributed by atoms with Gasteiger partial charge in [0.25, 0.3) is 5.91 Å². The van der Waals surface area contributed by atoms with Gasteiger partial charge in [0, 0.05) is 18.5 Å². The highest BCUT2D eigenvalue weighted by Crippen LogP contribution is 2.19. The van der Waals surface area contributed by atoms with Crippen LogP contribution in [0.4, 0.5) is 0 Å². The Labute approximate surface area is 118 Å². The lowest BCUT2D eigenvalue weighted by molar-refractivity contribution is 0.0924. The lowest BCUT2D eigenvalue weighted by Gasteiger charge is -2.07. The van der Waals surface area contributed by atoms with Gasteiger partial charge in [-0.1, -0.05) is 6.92 Å². The number of aryl methyl sites for hydroxylation is 2. The summed E-state index contributed by atoms with van der Waals surface area (Å²) in [6, 6.07) is 3.64. The molecule has 1 aromatic carbocycles. The molecule has 1 heterocycles. The summed E-state index contributed by atoms with van der Waals surface area (Å²) in [7, 11) is 0. The number of benzene rings is 1. The minimum absolute atomic E-state index is 0.178. The van der Waals surface area contributed by atoms with E-state index in [-0.39, 0.29) is 12.5 Å². The number of nitrogens with zero attached hydrogens (tertiary/aromatic N) is 1. The molecule has 0 saturated carbocycles. The molecule has 1 amide bonds. The summed E-state index contributed by atoms with van der Waals surface area (Å²) in [5.41, 5.74) is 3.36. The molecule has 5 nitrogen and oxygen atoms in total. The first kappa shape index (κ1) is 14.5. The third kappa shape index (κ3) is 3.17. The highest BCUT2D eigenvalue weighted by atomic mass is 16.3. The first-order valence-corrected chi connectivity index (χ1v) is 6.96. The molecular weight excluding hydrogens is 254 g/mol. The Bertz CT molecular complexity index is 617. The molecule has 1 atom stereocenters. The van der Waals surface area contributed by atoms with Gasteiger partial charge in [0.05, 0.1) is 17.1 Å². The van der Waals surface area contributed by atoms with Crippen LogP contribution in [0.15, 0.2) is 12.1 Å². The molecule has 2 rings (SSSR count). The molecule has 0 aliphatic rings. The number of amides is 1. The maximum absolute atomic E-state index is 12.0. The molecule has 0 bridgehead atoms. The summed E-state index contributed by atoms with van der Waals surface area (Å²) < 4.78 is 0. The molecule has 5 heteroatoms. The number of hydrogen-bond donors (Lipinski definition) is 3.